The molecule has 1 fully saturated rings. The lowest BCUT2D eigenvalue weighted by Gasteiger charge is -2.39. The van der Waals surface area contributed by atoms with Gasteiger partial charge in [0, 0.05) is 27.9 Å². The number of carbonyl (C=O) groups excluding carboxylic acids is 1. The number of nitro groups is 1. The molecule has 0 unspecified atom stereocenters. The number of halogens is 2. The van der Waals surface area contributed by atoms with Crippen LogP contribution in [0, 0.1) is 16.0 Å². The van der Waals surface area contributed by atoms with Gasteiger partial charge in [-0.05, 0) is 53.3 Å². The third-order valence-corrected chi connectivity index (χ3v) is 9.09. The Balaban J connectivity index is 1.57. The van der Waals surface area contributed by atoms with E-state index < -0.39 is 5.97 Å². The molecule has 1 N–H and O–H groups in total. The molecule has 6 nitrogen and oxygen atoms in total. The van der Waals surface area contributed by atoms with Crippen LogP contribution in [0.3, 0.4) is 0 Å². The topological polar surface area (TPSA) is 95.3 Å². The van der Waals surface area contributed by atoms with E-state index in [4.69, 9.17) is 23.2 Å². The van der Waals surface area contributed by atoms with Crippen molar-refractivity contribution in [1.82, 2.24) is 0 Å². The SMILES string of the molecule is O=C([O-])c1ccc2c(c1)[C@H]1[C@@H](Cl)[C@@H](Sc3ccccc3[N+](=O)[O-])C[C@@H]1[C@H](c1ccccc1Cl)N2. The summed E-state index contributed by atoms with van der Waals surface area (Å²) in [5, 5.41) is 26.8. The zero-order chi connectivity index (χ0) is 24.0. The Hall–Kier alpha value is -2.74. The van der Waals surface area contributed by atoms with E-state index >= 15 is 0 Å². The number of carboxylic acid groups (broad SMARTS) is 1. The molecule has 3 aromatic rings. The van der Waals surface area contributed by atoms with E-state index in [0.29, 0.717) is 16.3 Å². The lowest BCUT2D eigenvalue weighted by atomic mass is 9.77. The van der Waals surface area contributed by atoms with Crippen LogP contribution in [0.15, 0.2) is 71.6 Å². The third kappa shape index (κ3) is 4.02. The van der Waals surface area contributed by atoms with Gasteiger partial charge in [-0.15, -0.1) is 23.4 Å². The molecular formula is C25H19Cl2N2O4S-. The van der Waals surface area contributed by atoms with Gasteiger partial charge in [0.25, 0.3) is 5.69 Å². The van der Waals surface area contributed by atoms with Gasteiger partial charge < -0.3 is 15.2 Å². The molecule has 2 aliphatic rings. The quantitative estimate of drug-likeness (QED) is 0.269. The van der Waals surface area contributed by atoms with Crippen molar-refractivity contribution in [1.29, 1.82) is 0 Å². The number of aromatic carboxylic acids is 1. The van der Waals surface area contributed by atoms with Crippen LogP contribution in [0.25, 0.3) is 0 Å². The highest BCUT2D eigenvalue weighted by atomic mass is 35.5. The van der Waals surface area contributed by atoms with E-state index in [0.717, 1.165) is 16.8 Å². The molecule has 0 saturated heterocycles. The van der Waals surface area contributed by atoms with E-state index in [1.54, 1.807) is 30.3 Å². The zero-order valence-corrected chi connectivity index (χ0v) is 20.0. The summed E-state index contributed by atoms with van der Waals surface area (Å²) in [6, 6.07) is 19.0. The monoisotopic (exact) mass is 513 g/mol. The molecule has 1 aliphatic heterocycles. The van der Waals surface area contributed by atoms with Gasteiger partial charge in [-0.25, -0.2) is 0 Å². The van der Waals surface area contributed by atoms with Crippen molar-refractivity contribution in [2.45, 2.75) is 33.9 Å². The minimum atomic E-state index is -1.25. The number of carboxylic acids is 1. The molecule has 0 aromatic heterocycles. The summed E-state index contributed by atoms with van der Waals surface area (Å²) >= 11 is 15.0. The summed E-state index contributed by atoms with van der Waals surface area (Å²) in [5.74, 6) is -1.41. The average Bonchev–Trinajstić information content (AvgIpc) is 3.15. The first kappa shape index (κ1) is 23.0. The average molecular weight is 514 g/mol. The predicted octanol–water partition coefficient (Wildman–Crippen LogP) is 5.65. The molecule has 34 heavy (non-hydrogen) atoms. The smallest absolute Gasteiger partial charge is 0.282 e. The highest BCUT2D eigenvalue weighted by molar-refractivity contribution is 8.00. The molecular weight excluding hydrogens is 495 g/mol. The normalized spacial score (nSPS) is 25.2. The number of hydrogen-bond donors (Lipinski definition) is 1. The van der Waals surface area contributed by atoms with Crippen LogP contribution in [0.1, 0.15) is 39.9 Å². The van der Waals surface area contributed by atoms with Crippen molar-refractivity contribution in [2.24, 2.45) is 5.92 Å². The lowest BCUT2D eigenvalue weighted by molar-refractivity contribution is -0.387. The first-order valence-corrected chi connectivity index (χ1v) is 12.4. The number of alkyl halides is 1. The van der Waals surface area contributed by atoms with Crippen molar-refractivity contribution >= 4 is 52.3 Å². The van der Waals surface area contributed by atoms with Gasteiger partial charge in [-0.1, -0.05) is 48.0 Å². The number of hydrogen-bond acceptors (Lipinski definition) is 6. The number of nitrogens with zero attached hydrogens (tertiary/aromatic N) is 1. The van der Waals surface area contributed by atoms with E-state index in [2.05, 4.69) is 5.32 Å². The number of fused-ring (bicyclic) bond motifs is 3. The first-order chi connectivity index (χ1) is 16.3. The fraction of sp³-hybridized carbons (Fsp3) is 0.240. The van der Waals surface area contributed by atoms with Crippen LogP contribution < -0.4 is 10.4 Å². The molecule has 1 saturated carbocycles. The van der Waals surface area contributed by atoms with Gasteiger partial charge in [-0.2, -0.15) is 0 Å². The Morgan fingerprint density at radius 1 is 1.06 bits per heavy atom. The third-order valence-electron chi connectivity index (χ3n) is 6.63. The molecule has 174 valence electrons. The second-order valence-electron chi connectivity index (χ2n) is 8.48. The number of nitrogens with one attached hydrogen (secondary N) is 1. The minimum Gasteiger partial charge on any atom is -0.545 e. The van der Waals surface area contributed by atoms with E-state index in [-0.39, 0.29) is 44.7 Å². The number of nitro benzene ring substituents is 1. The van der Waals surface area contributed by atoms with E-state index in [9.17, 15) is 20.0 Å². The Morgan fingerprint density at radius 2 is 1.79 bits per heavy atom. The molecule has 0 spiro atoms. The van der Waals surface area contributed by atoms with E-state index in [1.165, 1.54) is 23.9 Å². The standard InChI is InChI=1S/C25H20Cl2N2O4S/c26-17-6-2-1-5-14(17)24-16-12-21(34-20-8-4-3-7-19(20)29(32)33)23(27)22(16)15-11-13(25(30)31)9-10-18(15)28-24/h1-11,16,21-24,28H,12H2,(H,30,31)/p-1/t16-,21-,22+,23-,24-/m0/s1. The van der Waals surface area contributed by atoms with Gasteiger partial charge in [0.05, 0.1) is 27.2 Å². The number of rotatable bonds is 5. The maximum Gasteiger partial charge on any atom is 0.282 e. The molecule has 0 amide bonds. The fourth-order valence-electron chi connectivity index (χ4n) is 5.15. The van der Waals surface area contributed by atoms with E-state index in [1.807, 2.05) is 24.3 Å². The van der Waals surface area contributed by atoms with Crippen LogP contribution in [0.5, 0.6) is 0 Å². The molecule has 0 bridgehead atoms. The maximum absolute atomic E-state index is 11.5. The Morgan fingerprint density at radius 3 is 2.53 bits per heavy atom. The second-order valence-corrected chi connectivity index (χ2v) is 10.7. The maximum atomic E-state index is 11.5. The van der Waals surface area contributed by atoms with Crippen molar-refractivity contribution in [2.75, 3.05) is 5.32 Å². The van der Waals surface area contributed by atoms with Crippen molar-refractivity contribution < 1.29 is 14.8 Å². The van der Waals surface area contributed by atoms with Gasteiger partial charge in [-0.3, -0.25) is 10.1 Å². The Bertz CT molecular complexity index is 1290. The summed E-state index contributed by atoms with van der Waals surface area (Å²) in [5.41, 5.74) is 2.70. The largest absolute Gasteiger partial charge is 0.545 e. The highest BCUT2D eigenvalue weighted by Crippen LogP contribution is 2.58. The summed E-state index contributed by atoms with van der Waals surface area (Å²) in [7, 11) is 0. The van der Waals surface area contributed by atoms with Gasteiger partial charge in [0.1, 0.15) is 0 Å². The summed E-state index contributed by atoms with van der Waals surface area (Å²) in [4.78, 5) is 23.3. The van der Waals surface area contributed by atoms with Crippen LogP contribution in [-0.2, 0) is 0 Å². The number of thioether (sulfide) groups is 1. The molecule has 9 heteroatoms. The Labute approximate surface area is 210 Å². The van der Waals surface area contributed by atoms with Crippen molar-refractivity contribution in [3.8, 4) is 0 Å². The first-order valence-electron chi connectivity index (χ1n) is 10.8. The fourth-order valence-corrected chi connectivity index (χ4v) is 7.35. The number of para-hydroxylation sites is 1. The van der Waals surface area contributed by atoms with Crippen LogP contribution in [0.4, 0.5) is 11.4 Å². The van der Waals surface area contributed by atoms with Crippen LogP contribution >= 0.6 is 35.0 Å². The summed E-state index contributed by atoms with van der Waals surface area (Å²) in [6.45, 7) is 0. The van der Waals surface area contributed by atoms with Gasteiger partial charge in [0.15, 0.2) is 0 Å². The zero-order valence-electron chi connectivity index (χ0n) is 17.7. The Kier molecular flexibility index (Phi) is 6.18. The molecule has 1 aliphatic carbocycles. The molecule has 3 aromatic carbocycles. The second kappa shape index (κ2) is 9.13. The lowest BCUT2D eigenvalue weighted by Crippen LogP contribution is -2.32. The highest BCUT2D eigenvalue weighted by Gasteiger charge is 2.50. The molecule has 5 atom stereocenters. The van der Waals surface area contributed by atoms with Gasteiger partial charge in [0.2, 0.25) is 0 Å². The predicted molar refractivity (Wildman–Crippen MR) is 132 cm³/mol. The van der Waals surface area contributed by atoms with Crippen LogP contribution in [0.2, 0.25) is 5.02 Å². The number of anilines is 1. The van der Waals surface area contributed by atoms with Crippen molar-refractivity contribution in [3.63, 3.8) is 0 Å². The van der Waals surface area contributed by atoms with Gasteiger partial charge >= 0.3 is 0 Å². The number of carbonyl (C=O) groups is 1. The minimum absolute atomic E-state index is 0.00664. The number of benzene rings is 3. The van der Waals surface area contributed by atoms with Crippen LogP contribution in [-0.4, -0.2) is 21.5 Å². The summed E-state index contributed by atoms with van der Waals surface area (Å²) < 4.78 is 0. The molecule has 0 radical (unpaired) electrons. The summed E-state index contributed by atoms with van der Waals surface area (Å²) in [6.07, 6.45) is 0.674. The molecule has 5 rings (SSSR count). The van der Waals surface area contributed by atoms with Crippen molar-refractivity contribution in [3.05, 3.63) is 98.6 Å². The molecule has 1 heterocycles.